The molecular weight excluding hydrogens is 82.9 g/mol. The van der Waals surface area contributed by atoms with Gasteiger partial charge in [0.15, 0.2) is 0 Å². The van der Waals surface area contributed by atoms with E-state index in [2.05, 4.69) is 0 Å². The molecule has 33 valence electrons. The average Bonchev–Trinajstić information content (AvgIpc) is 1.91. The van der Waals surface area contributed by atoms with Gasteiger partial charge < -0.3 is 0 Å². The van der Waals surface area contributed by atoms with Crippen LogP contribution in [-0.2, 0) is 0 Å². The van der Waals surface area contributed by atoms with Crippen molar-refractivity contribution in [3.05, 3.63) is 23.8 Å². The van der Waals surface area contributed by atoms with Gasteiger partial charge in [-0.3, -0.25) is 0 Å². The quantitative estimate of drug-likeness (QED) is 0.386. The predicted molar refractivity (Wildman–Crippen MR) is 33.7 cm³/mol. The van der Waals surface area contributed by atoms with E-state index < -0.39 is 0 Å². The molecule has 0 heterocycles. The van der Waals surface area contributed by atoms with E-state index in [0.717, 1.165) is 5.46 Å². The molecular formula is C6H6B. The van der Waals surface area contributed by atoms with Crippen molar-refractivity contribution in [1.82, 2.24) is 0 Å². The summed E-state index contributed by atoms with van der Waals surface area (Å²) in [7, 11) is 5.44. The van der Waals surface area contributed by atoms with E-state index in [1.807, 2.05) is 25.2 Å². The maximum atomic E-state index is 5.44. The van der Waals surface area contributed by atoms with Gasteiger partial charge in [0.05, 0.1) is 0 Å². The molecule has 0 bridgehead atoms. The fourth-order valence-corrected chi connectivity index (χ4v) is 0.524. The van der Waals surface area contributed by atoms with Gasteiger partial charge in [0.2, 0.25) is 0 Å². The fraction of sp³-hybridized carbons (Fsp3) is 0.167. The van der Waals surface area contributed by atoms with Crippen LogP contribution in [0.15, 0.2) is 23.8 Å². The summed E-state index contributed by atoms with van der Waals surface area (Å²) in [6.07, 6.45) is 5.84. The van der Waals surface area contributed by atoms with Gasteiger partial charge in [-0.05, 0) is 0 Å². The van der Waals surface area contributed by atoms with Crippen molar-refractivity contribution in [2.45, 2.75) is 6.92 Å². The molecule has 1 heteroatoms. The topological polar surface area (TPSA) is 0 Å². The zero-order chi connectivity index (χ0) is 5.28. The molecule has 0 nitrogen and oxygen atoms in total. The molecule has 0 saturated heterocycles. The molecule has 7 heavy (non-hydrogen) atoms. The van der Waals surface area contributed by atoms with E-state index >= 15 is 0 Å². The van der Waals surface area contributed by atoms with E-state index in [0.29, 0.717) is 0 Å². The molecule has 0 aromatic heterocycles. The molecule has 1 aliphatic carbocycles. The zero-order valence-electron chi connectivity index (χ0n) is 4.31. The number of hydrogen-bond donors (Lipinski definition) is 0. The molecule has 0 fully saturated rings. The Bertz CT molecular complexity index is 152. The third-order valence-corrected chi connectivity index (χ3v) is 1.08. The Morgan fingerprint density at radius 3 is 2.43 bits per heavy atom. The van der Waals surface area contributed by atoms with E-state index in [-0.39, 0.29) is 0 Å². The number of allylic oxidation sites excluding steroid dienone is 4. The second kappa shape index (κ2) is 1.49. The van der Waals surface area contributed by atoms with Crippen molar-refractivity contribution in [2.75, 3.05) is 0 Å². The monoisotopic (exact) mass is 89.1 g/mol. The summed E-state index contributed by atoms with van der Waals surface area (Å²) in [5.74, 6) is 0. The zero-order valence-corrected chi connectivity index (χ0v) is 4.31. The maximum absolute atomic E-state index is 5.44. The van der Waals surface area contributed by atoms with Gasteiger partial charge in [0, 0.05) is 0 Å². The number of hydrogen-bond acceptors (Lipinski definition) is 0. The van der Waals surface area contributed by atoms with Crippen LogP contribution in [0.1, 0.15) is 6.92 Å². The molecule has 0 spiro atoms. The Morgan fingerprint density at radius 1 is 1.57 bits per heavy atom. The van der Waals surface area contributed by atoms with Gasteiger partial charge >= 0.3 is 43.7 Å². The van der Waals surface area contributed by atoms with Crippen LogP contribution >= 0.6 is 0 Å². The Morgan fingerprint density at radius 2 is 2.29 bits per heavy atom. The summed E-state index contributed by atoms with van der Waals surface area (Å²) in [6, 6.07) is 0. The average molecular weight is 88.9 g/mol. The van der Waals surface area contributed by atoms with Crippen LogP contribution in [-0.4, -0.2) is 13.0 Å². The van der Waals surface area contributed by atoms with Gasteiger partial charge in [-0.1, -0.05) is 0 Å². The normalized spacial score (nSPS) is 17.7. The SMILES string of the molecule is [B]=C1C=CC=C1C. The van der Waals surface area contributed by atoms with Crippen LogP contribution in [0.4, 0.5) is 0 Å². The molecule has 0 aromatic carbocycles. The minimum atomic E-state index is 0.889. The Hall–Kier alpha value is -0.585. The first-order valence-corrected chi connectivity index (χ1v) is 2.28. The van der Waals surface area contributed by atoms with E-state index in [9.17, 15) is 0 Å². The summed E-state index contributed by atoms with van der Waals surface area (Å²) >= 11 is 0. The first-order chi connectivity index (χ1) is 3.30. The second-order valence-electron chi connectivity index (χ2n) is 1.66. The third kappa shape index (κ3) is 0.712. The summed E-state index contributed by atoms with van der Waals surface area (Å²) in [4.78, 5) is 0. The fourth-order valence-electron chi connectivity index (χ4n) is 0.524. The van der Waals surface area contributed by atoms with Crippen molar-refractivity contribution < 1.29 is 0 Å². The molecule has 0 unspecified atom stereocenters. The van der Waals surface area contributed by atoms with Gasteiger partial charge in [0.1, 0.15) is 0 Å². The van der Waals surface area contributed by atoms with E-state index in [1.54, 1.807) is 0 Å². The summed E-state index contributed by atoms with van der Waals surface area (Å²) < 4.78 is 0. The van der Waals surface area contributed by atoms with Crippen molar-refractivity contribution >= 4 is 13.0 Å². The molecule has 1 rings (SSSR count). The van der Waals surface area contributed by atoms with Crippen LogP contribution < -0.4 is 0 Å². The van der Waals surface area contributed by atoms with Crippen LogP contribution in [0.3, 0.4) is 0 Å². The third-order valence-electron chi connectivity index (χ3n) is 1.08. The Balaban J connectivity index is 2.89. The van der Waals surface area contributed by atoms with Crippen molar-refractivity contribution in [2.24, 2.45) is 0 Å². The van der Waals surface area contributed by atoms with Gasteiger partial charge in [-0.25, -0.2) is 0 Å². The van der Waals surface area contributed by atoms with Crippen molar-refractivity contribution in [3.8, 4) is 0 Å². The molecule has 0 N–H and O–H groups in total. The second-order valence-corrected chi connectivity index (χ2v) is 1.66. The van der Waals surface area contributed by atoms with Gasteiger partial charge in [0.25, 0.3) is 0 Å². The predicted octanol–water partition coefficient (Wildman–Crippen LogP) is 0.843. The van der Waals surface area contributed by atoms with E-state index in [1.165, 1.54) is 5.57 Å². The van der Waals surface area contributed by atoms with Gasteiger partial charge in [-0.2, -0.15) is 0 Å². The first kappa shape index (κ1) is 4.57. The van der Waals surface area contributed by atoms with Crippen LogP contribution in [0.5, 0.6) is 0 Å². The minimum absolute atomic E-state index is 0.889. The molecule has 1 aliphatic rings. The van der Waals surface area contributed by atoms with Gasteiger partial charge in [-0.15, -0.1) is 0 Å². The Kier molecular flexibility index (Phi) is 0.973. The van der Waals surface area contributed by atoms with Crippen molar-refractivity contribution in [3.63, 3.8) is 0 Å². The van der Waals surface area contributed by atoms with Crippen molar-refractivity contribution in [1.29, 1.82) is 0 Å². The molecule has 1 radical (unpaired) electrons. The first-order valence-electron chi connectivity index (χ1n) is 2.28. The van der Waals surface area contributed by atoms with Crippen LogP contribution in [0, 0.1) is 0 Å². The summed E-state index contributed by atoms with van der Waals surface area (Å²) in [5, 5.41) is 0. The Labute approximate surface area is 44.6 Å². The summed E-state index contributed by atoms with van der Waals surface area (Å²) in [5.41, 5.74) is 2.06. The standard InChI is InChI=1S/C6H6B/c1-5-3-2-4-6(5)7/h2-4H,1H3. The van der Waals surface area contributed by atoms with E-state index in [4.69, 9.17) is 7.49 Å². The molecule has 0 saturated carbocycles. The molecule has 0 aromatic rings. The molecule has 0 aliphatic heterocycles. The molecule has 0 atom stereocenters. The summed E-state index contributed by atoms with van der Waals surface area (Å²) in [6.45, 7) is 2.00. The van der Waals surface area contributed by atoms with Crippen LogP contribution in [0.2, 0.25) is 0 Å². The number of rotatable bonds is 0. The van der Waals surface area contributed by atoms with Crippen LogP contribution in [0.25, 0.3) is 0 Å². The molecule has 0 amide bonds.